The van der Waals surface area contributed by atoms with Crippen LogP contribution in [0.25, 0.3) is 0 Å². The number of carboxylic acids is 1. The van der Waals surface area contributed by atoms with E-state index in [4.69, 9.17) is 14.6 Å². The maximum Gasteiger partial charge on any atom is 0.305 e. The van der Waals surface area contributed by atoms with Gasteiger partial charge in [-0.3, -0.25) is 9.59 Å². The lowest BCUT2D eigenvalue weighted by Crippen LogP contribution is -2.22. The molecule has 7 heteroatoms. The molecule has 1 amide bonds. The topological polar surface area (TPSA) is 84.9 Å². The van der Waals surface area contributed by atoms with Gasteiger partial charge < -0.3 is 19.9 Å². The number of nitrogens with one attached hydrogen (secondary N) is 1. The predicted octanol–water partition coefficient (Wildman–Crippen LogP) is 1.44. The van der Waals surface area contributed by atoms with Crippen molar-refractivity contribution in [2.24, 2.45) is 0 Å². The minimum absolute atomic E-state index is 0.127. The number of rotatable bonds is 5. The molecule has 1 heterocycles. The zero-order valence-corrected chi connectivity index (χ0v) is 10.8. The number of carbonyl (C=O) groups excluding carboxylic acids is 1. The van der Waals surface area contributed by atoms with Crippen molar-refractivity contribution in [1.29, 1.82) is 0 Å². The average molecular weight is 316 g/mol. The van der Waals surface area contributed by atoms with Crippen molar-refractivity contribution in [1.82, 2.24) is 5.32 Å². The SMILES string of the molecule is O=CN[C@@H](CC(=O)O)c1cc(Br)c2c(c1)OCO2. The Morgan fingerprint density at radius 2 is 2.33 bits per heavy atom. The highest BCUT2D eigenvalue weighted by molar-refractivity contribution is 9.10. The third-order valence-corrected chi connectivity index (χ3v) is 3.09. The van der Waals surface area contributed by atoms with Gasteiger partial charge in [0.25, 0.3) is 0 Å². The molecule has 0 aliphatic carbocycles. The van der Waals surface area contributed by atoms with Crippen LogP contribution in [0.5, 0.6) is 11.5 Å². The molecule has 1 aliphatic heterocycles. The van der Waals surface area contributed by atoms with Gasteiger partial charge in [-0.2, -0.15) is 0 Å². The van der Waals surface area contributed by atoms with Gasteiger partial charge in [0.15, 0.2) is 11.5 Å². The summed E-state index contributed by atoms with van der Waals surface area (Å²) >= 11 is 3.32. The minimum atomic E-state index is -0.997. The highest BCUT2D eigenvalue weighted by Gasteiger charge is 2.22. The van der Waals surface area contributed by atoms with Crippen molar-refractivity contribution in [3.8, 4) is 11.5 Å². The monoisotopic (exact) mass is 315 g/mol. The second-order valence-electron chi connectivity index (χ2n) is 3.67. The molecule has 0 bridgehead atoms. The molecule has 0 aromatic heterocycles. The number of benzene rings is 1. The summed E-state index contributed by atoms with van der Waals surface area (Å²) in [4.78, 5) is 21.3. The number of amides is 1. The fourth-order valence-electron chi connectivity index (χ4n) is 1.72. The number of halogens is 1. The van der Waals surface area contributed by atoms with E-state index < -0.39 is 12.0 Å². The van der Waals surface area contributed by atoms with Gasteiger partial charge in [-0.1, -0.05) is 0 Å². The lowest BCUT2D eigenvalue weighted by Gasteiger charge is -2.15. The zero-order chi connectivity index (χ0) is 13.1. The summed E-state index contributed by atoms with van der Waals surface area (Å²) in [5.74, 6) is 0.115. The van der Waals surface area contributed by atoms with Gasteiger partial charge in [0.2, 0.25) is 13.2 Å². The Balaban J connectivity index is 2.32. The molecule has 0 unspecified atom stereocenters. The first-order chi connectivity index (χ1) is 8.61. The Morgan fingerprint density at radius 3 is 3.00 bits per heavy atom. The van der Waals surface area contributed by atoms with E-state index in [-0.39, 0.29) is 13.2 Å². The van der Waals surface area contributed by atoms with E-state index in [1.54, 1.807) is 12.1 Å². The molecule has 0 spiro atoms. The van der Waals surface area contributed by atoms with Crippen LogP contribution in [-0.4, -0.2) is 24.3 Å². The molecule has 0 saturated heterocycles. The number of carboxylic acid groups (broad SMARTS) is 1. The Labute approximate surface area is 111 Å². The van der Waals surface area contributed by atoms with Crippen LogP contribution in [0.4, 0.5) is 0 Å². The zero-order valence-electron chi connectivity index (χ0n) is 9.18. The van der Waals surface area contributed by atoms with Crippen LogP contribution in [0, 0.1) is 0 Å². The molecule has 1 aromatic carbocycles. The molecule has 1 aliphatic rings. The highest BCUT2D eigenvalue weighted by atomic mass is 79.9. The fraction of sp³-hybridized carbons (Fsp3) is 0.273. The van der Waals surface area contributed by atoms with Crippen molar-refractivity contribution in [3.05, 3.63) is 22.2 Å². The second-order valence-corrected chi connectivity index (χ2v) is 4.53. The molecule has 18 heavy (non-hydrogen) atoms. The molecule has 2 N–H and O–H groups in total. The summed E-state index contributed by atoms with van der Waals surface area (Å²) in [6.07, 6.45) is 0.275. The lowest BCUT2D eigenvalue weighted by atomic mass is 10.0. The first-order valence-electron chi connectivity index (χ1n) is 5.12. The molecule has 2 rings (SSSR count). The first-order valence-corrected chi connectivity index (χ1v) is 5.91. The Bertz CT molecular complexity index is 491. The molecule has 1 atom stereocenters. The molecule has 96 valence electrons. The van der Waals surface area contributed by atoms with E-state index in [0.717, 1.165) is 0 Å². The summed E-state index contributed by atoms with van der Waals surface area (Å²) in [6.45, 7) is 0.127. The van der Waals surface area contributed by atoms with Gasteiger partial charge in [0.05, 0.1) is 16.9 Å². The Morgan fingerprint density at radius 1 is 1.56 bits per heavy atom. The van der Waals surface area contributed by atoms with E-state index >= 15 is 0 Å². The van der Waals surface area contributed by atoms with Gasteiger partial charge in [-0.15, -0.1) is 0 Å². The maximum absolute atomic E-state index is 10.8. The minimum Gasteiger partial charge on any atom is -0.481 e. The second kappa shape index (κ2) is 5.26. The number of carbonyl (C=O) groups is 2. The quantitative estimate of drug-likeness (QED) is 0.803. The summed E-state index contributed by atoms with van der Waals surface area (Å²) in [6, 6.07) is 2.76. The lowest BCUT2D eigenvalue weighted by molar-refractivity contribution is -0.137. The van der Waals surface area contributed by atoms with Gasteiger partial charge >= 0.3 is 5.97 Å². The summed E-state index contributed by atoms with van der Waals surface area (Å²) in [5.41, 5.74) is 0.639. The van der Waals surface area contributed by atoms with Crippen molar-refractivity contribution < 1.29 is 24.2 Å². The third-order valence-electron chi connectivity index (χ3n) is 2.50. The molecule has 1 aromatic rings. The highest BCUT2D eigenvalue weighted by Crippen LogP contribution is 2.41. The van der Waals surface area contributed by atoms with Crippen molar-refractivity contribution in [2.75, 3.05) is 6.79 Å². The smallest absolute Gasteiger partial charge is 0.305 e. The van der Waals surface area contributed by atoms with Gasteiger partial charge in [-0.25, -0.2) is 0 Å². The molecule has 0 saturated carbocycles. The molecular weight excluding hydrogens is 306 g/mol. The van der Waals surface area contributed by atoms with Crippen LogP contribution >= 0.6 is 15.9 Å². The van der Waals surface area contributed by atoms with Gasteiger partial charge in [0, 0.05) is 0 Å². The summed E-state index contributed by atoms with van der Waals surface area (Å²) in [7, 11) is 0. The molecule has 0 radical (unpaired) electrons. The predicted molar refractivity (Wildman–Crippen MR) is 64.5 cm³/mol. The first kappa shape index (κ1) is 12.7. The van der Waals surface area contributed by atoms with Crippen LogP contribution in [-0.2, 0) is 9.59 Å². The van der Waals surface area contributed by atoms with Crippen molar-refractivity contribution >= 4 is 28.3 Å². The Hall–Kier alpha value is -1.76. The fourth-order valence-corrected chi connectivity index (χ4v) is 2.29. The third kappa shape index (κ3) is 2.56. The molecule has 6 nitrogen and oxygen atoms in total. The maximum atomic E-state index is 10.8. The number of fused-ring (bicyclic) bond motifs is 1. The normalized spacial score (nSPS) is 14.1. The van der Waals surface area contributed by atoms with E-state index in [2.05, 4.69) is 21.2 Å². The Kier molecular flexibility index (Phi) is 3.71. The summed E-state index contributed by atoms with van der Waals surface area (Å²) < 4.78 is 11.1. The molecule has 0 fully saturated rings. The van der Waals surface area contributed by atoms with E-state index in [1.165, 1.54) is 0 Å². The van der Waals surface area contributed by atoms with Crippen LogP contribution in [0.3, 0.4) is 0 Å². The van der Waals surface area contributed by atoms with Gasteiger partial charge in [-0.05, 0) is 33.6 Å². The number of hydrogen-bond donors (Lipinski definition) is 2. The molecular formula is C11H10BrNO5. The average Bonchev–Trinajstić information content (AvgIpc) is 2.76. The van der Waals surface area contributed by atoms with E-state index in [0.29, 0.717) is 27.9 Å². The summed E-state index contributed by atoms with van der Waals surface area (Å²) in [5, 5.41) is 11.3. The van der Waals surface area contributed by atoms with Crippen LogP contribution in [0.2, 0.25) is 0 Å². The van der Waals surface area contributed by atoms with Crippen LogP contribution in [0.15, 0.2) is 16.6 Å². The van der Waals surface area contributed by atoms with E-state index in [9.17, 15) is 9.59 Å². The van der Waals surface area contributed by atoms with Crippen LogP contribution in [0.1, 0.15) is 18.0 Å². The van der Waals surface area contributed by atoms with Crippen LogP contribution < -0.4 is 14.8 Å². The van der Waals surface area contributed by atoms with Crippen molar-refractivity contribution in [2.45, 2.75) is 12.5 Å². The number of hydrogen-bond acceptors (Lipinski definition) is 4. The number of ether oxygens (including phenoxy) is 2. The van der Waals surface area contributed by atoms with Gasteiger partial charge in [0.1, 0.15) is 0 Å². The van der Waals surface area contributed by atoms with E-state index in [1.807, 2.05) is 0 Å². The standard InChI is InChI=1S/C11H10BrNO5/c12-7-1-6(2-9-11(7)18-5-17-9)8(13-4-14)3-10(15)16/h1-2,4,8H,3,5H2,(H,13,14)(H,15,16)/t8-/m0/s1. The largest absolute Gasteiger partial charge is 0.481 e. The number of aliphatic carboxylic acids is 1. The van der Waals surface area contributed by atoms with Crippen molar-refractivity contribution in [3.63, 3.8) is 0 Å².